The smallest absolute Gasteiger partial charge is 0.333 e. The predicted molar refractivity (Wildman–Crippen MR) is 102 cm³/mol. The first-order chi connectivity index (χ1) is 12.5. The molecule has 0 saturated heterocycles. The highest BCUT2D eigenvalue weighted by Crippen LogP contribution is 2.22. The lowest BCUT2D eigenvalue weighted by atomic mass is 10.0. The van der Waals surface area contributed by atoms with Crippen molar-refractivity contribution >= 4 is 17.0 Å². The highest BCUT2D eigenvalue weighted by atomic mass is 16.5. The van der Waals surface area contributed by atoms with Crippen LogP contribution in [0.5, 0.6) is 0 Å². The number of hydrogen-bond acceptors (Lipinski definition) is 4. The summed E-state index contributed by atoms with van der Waals surface area (Å²) >= 11 is 0. The van der Waals surface area contributed by atoms with Gasteiger partial charge in [-0.05, 0) is 38.0 Å². The van der Waals surface area contributed by atoms with Crippen molar-refractivity contribution in [2.45, 2.75) is 38.8 Å². The van der Waals surface area contributed by atoms with E-state index in [0.717, 1.165) is 17.5 Å². The zero-order valence-electron chi connectivity index (χ0n) is 15.1. The summed E-state index contributed by atoms with van der Waals surface area (Å²) in [6.07, 6.45) is 1.12. The highest BCUT2D eigenvalue weighted by Gasteiger charge is 2.21. The van der Waals surface area contributed by atoms with E-state index in [1.807, 2.05) is 49.4 Å². The SMILES string of the molecule is C=C(C)C(=O)OC(C)CC(Cc1ccccc1)n1nc2ccccc2n1. The van der Waals surface area contributed by atoms with Gasteiger partial charge in [0.25, 0.3) is 0 Å². The third-order valence-electron chi connectivity index (χ3n) is 4.20. The topological polar surface area (TPSA) is 57.0 Å². The largest absolute Gasteiger partial charge is 0.459 e. The Morgan fingerprint density at radius 2 is 1.65 bits per heavy atom. The van der Waals surface area contributed by atoms with E-state index in [1.165, 1.54) is 5.56 Å². The second-order valence-corrected chi connectivity index (χ2v) is 6.58. The number of rotatable bonds is 7. The molecule has 0 aliphatic carbocycles. The number of aromatic nitrogens is 3. The summed E-state index contributed by atoms with van der Waals surface area (Å²) < 4.78 is 5.47. The molecule has 26 heavy (non-hydrogen) atoms. The summed E-state index contributed by atoms with van der Waals surface area (Å²) in [5.74, 6) is -0.366. The average Bonchev–Trinajstić information content (AvgIpc) is 3.06. The van der Waals surface area contributed by atoms with Crippen molar-refractivity contribution in [3.63, 3.8) is 0 Å². The first-order valence-electron chi connectivity index (χ1n) is 8.75. The van der Waals surface area contributed by atoms with Gasteiger partial charge in [0.2, 0.25) is 0 Å². The molecule has 2 atom stereocenters. The monoisotopic (exact) mass is 349 g/mol. The minimum Gasteiger partial charge on any atom is -0.459 e. The van der Waals surface area contributed by atoms with Crippen molar-refractivity contribution in [2.24, 2.45) is 0 Å². The molecule has 0 amide bonds. The zero-order chi connectivity index (χ0) is 18.5. The molecule has 1 heterocycles. The number of benzene rings is 2. The van der Waals surface area contributed by atoms with E-state index >= 15 is 0 Å². The molecule has 0 aliphatic rings. The van der Waals surface area contributed by atoms with E-state index in [-0.39, 0.29) is 18.1 Å². The second kappa shape index (κ2) is 7.95. The highest BCUT2D eigenvalue weighted by molar-refractivity contribution is 5.87. The van der Waals surface area contributed by atoms with Crippen LogP contribution < -0.4 is 0 Å². The Hall–Kier alpha value is -2.95. The van der Waals surface area contributed by atoms with Crippen molar-refractivity contribution in [1.29, 1.82) is 0 Å². The number of nitrogens with zero attached hydrogens (tertiary/aromatic N) is 3. The lowest BCUT2D eigenvalue weighted by Gasteiger charge is -2.21. The van der Waals surface area contributed by atoms with Gasteiger partial charge in [-0.1, -0.05) is 49.0 Å². The molecule has 2 unspecified atom stereocenters. The Labute approximate surface area is 153 Å². The predicted octanol–water partition coefficient (Wildman–Crippen LogP) is 4.11. The van der Waals surface area contributed by atoms with Gasteiger partial charge in [-0.15, -0.1) is 0 Å². The number of ether oxygens (including phenoxy) is 1. The van der Waals surface area contributed by atoms with Crippen LogP contribution in [0.25, 0.3) is 11.0 Å². The molecule has 134 valence electrons. The summed E-state index contributed by atoms with van der Waals surface area (Å²) in [7, 11) is 0. The standard InChI is InChI=1S/C21H23N3O2/c1-15(2)21(25)26-16(3)13-18(14-17-9-5-4-6-10-17)24-22-19-11-7-8-12-20(19)23-24/h4-12,16,18H,1,13-14H2,2-3H3. The van der Waals surface area contributed by atoms with Crippen LogP contribution in [0.4, 0.5) is 0 Å². The molecule has 0 aliphatic heterocycles. The number of carbonyl (C=O) groups is 1. The molecule has 3 rings (SSSR count). The Balaban J connectivity index is 1.83. The first kappa shape index (κ1) is 17.9. The average molecular weight is 349 g/mol. The van der Waals surface area contributed by atoms with Crippen molar-refractivity contribution in [3.8, 4) is 0 Å². The molecule has 0 fully saturated rings. The fourth-order valence-electron chi connectivity index (χ4n) is 2.90. The molecule has 0 spiro atoms. The maximum absolute atomic E-state index is 11.8. The summed E-state index contributed by atoms with van der Waals surface area (Å²) in [4.78, 5) is 13.6. The van der Waals surface area contributed by atoms with E-state index < -0.39 is 0 Å². The number of hydrogen-bond donors (Lipinski definition) is 0. The number of carbonyl (C=O) groups excluding carboxylic acids is 1. The Bertz CT molecular complexity index is 869. The van der Waals surface area contributed by atoms with E-state index in [0.29, 0.717) is 12.0 Å². The molecular weight excluding hydrogens is 326 g/mol. The van der Waals surface area contributed by atoms with E-state index in [1.54, 1.807) is 11.7 Å². The molecule has 3 aromatic rings. The molecule has 0 radical (unpaired) electrons. The molecule has 0 N–H and O–H groups in total. The Morgan fingerprint density at radius 3 is 2.23 bits per heavy atom. The Kier molecular flexibility index (Phi) is 5.46. The summed E-state index contributed by atoms with van der Waals surface area (Å²) in [6.45, 7) is 7.18. The van der Waals surface area contributed by atoms with Crippen LogP contribution in [0.1, 0.15) is 31.9 Å². The third kappa shape index (κ3) is 4.36. The van der Waals surface area contributed by atoms with Crippen molar-refractivity contribution in [1.82, 2.24) is 15.0 Å². The lowest BCUT2D eigenvalue weighted by Crippen LogP contribution is -2.23. The third-order valence-corrected chi connectivity index (χ3v) is 4.20. The molecule has 5 heteroatoms. The molecule has 0 bridgehead atoms. The van der Waals surface area contributed by atoms with E-state index in [9.17, 15) is 4.79 Å². The quantitative estimate of drug-likeness (QED) is 0.476. The molecule has 0 saturated carbocycles. The van der Waals surface area contributed by atoms with Crippen LogP contribution in [-0.4, -0.2) is 27.1 Å². The minimum absolute atomic E-state index is 0.0160. The van der Waals surface area contributed by atoms with Crippen LogP contribution in [0.3, 0.4) is 0 Å². The summed E-state index contributed by atoms with van der Waals surface area (Å²) in [5, 5.41) is 9.25. The van der Waals surface area contributed by atoms with Crippen LogP contribution in [0.2, 0.25) is 0 Å². The van der Waals surface area contributed by atoms with Gasteiger partial charge in [0, 0.05) is 12.0 Å². The van der Waals surface area contributed by atoms with Gasteiger partial charge >= 0.3 is 5.97 Å². The molecular formula is C21H23N3O2. The maximum atomic E-state index is 11.8. The van der Waals surface area contributed by atoms with Gasteiger partial charge < -0.3 is 4.74 Å². The van der Waals surface area contributed by atoms with Crippen molar-refractivity contribution < 1.29 is 9.53 Å². The second-order valence-electron chi connectivity index (χ2n) is 6.58. The maximum Gasteiger partial charge on any atom is 0.333 e. The van der Waals surface area contributed by atoms with Crippen LogP contribution in [0, 0.1) is 0 Å². The molecule has 1 aromatic heterocycles. The van der Waals surface area contributed by atoms with Crippen molar-refractivity contribution in [2.75, 3.05) is 0 Å². The van der Waals surface area contributed by atoms with E-state index in [4.69, 9.17) is 4.74 Å². The van der Waals surface area contributed by atoms with Crippen molar-refractivity contribution in [3.05, 3.63) is 72.3 Å². The summed E-state index contributed by atoms with van der Waals surface area (Å²) in [5.41, 5.74) is 3.31. The fourth-order valence-corrected chi connectivity index (χ4v) is 2.90. The Morgan fingerprint density at radius 1 is 1.08 bits per heavy atom. The van der Waals surface area contributed by atoms with Gasteiger partial charge in [-0.3, -0.25) is 0 Å². The molecule has 5 nitrogen and oxygen atoms in total. The van der Waals surface area contributed by atoms with Gasteiger partial charge in [0.1, 0.15) is 17.1 Å². The number of fused-ring (bicyclic) bond motifs is 1. The van der Waals surface area contributed by atoms with E-state index in [2.05, 4.69) is 28.9 Å². The van der Waals surface area contributed by atoms with Gasteiger partial charge in [0.05, 0.1) is 6.04 Å². The van der Waals surface area contributed by atoms with Crippen LogP contribution >= 0.6 is 0 Å². The number of esters is 1. The van der Waals surface area contributed by atoms with Gasteiger partial charge in [-0.2, -0.15) is 15.0 Å². The normalized spacial score (nSPS) is 13.3. The zero-order valence-corrected chi connectivity index (χ0v) is 15.1. The minimum atomic E-state index is -0.366. The van der Waals surface area contributed by atoms with Crippen LogP contribution in [-0.2, 0) is 16.0 Å². The molecule has 2 aromatic carbocycles. The lowest BCUT2D eigenvalue weighted by molar-refractivity contribution is -0.144. The van der Waals surface area contributed by atoms with Gasteiger partial charge in [0.15, 0.2) is 0 Å². The summed E-state index contributed by atoms with van der Waals surface area (Å²) in [6, 6.07) is 18.0. The fraction of sp³-hybridized carbons (Fsp3) is 0.286. The first-order valence-corrected chi connectivity index (χ1v) is 8.75. The van der Waals surface area contributed by atoms with Crippen LogP contribution in [0.15, 0.2) is 66.7 Å². The van der Waals surface area contributed by atoms with Gasteiger partial charge in [-0.25, -0.2) is 4.79 Å².